The van der Waals surface area contributed by atoms with Gasteiger partial charge < -0.3 is 14.0 Å². The maximum atomic E-state index is 11.3. The van der Waals surface area contributed by atoms with Crippen LogP contribution in [0.2, 0.25) is 0 Å². The Morgan fingerprint density at radius 1 is 1.58 bits per heavy atom. The van der Waals surface area contributed by atoms with Gasteiger partial charge in [-0.2, -0.15) is 0 Å². The number of ketones is 1. The summed E-state index contributed by atoms with van der Waals surface area (Å²) < 4.78 is 12.3. The molecular weight excluding hydrogens is 158 g/mol. The van der Waals surface area contributed by atoms with Crippen molar-refractivity contribution >= 4 is 5.78 Å². The van der Waals surface area contributed by atoms with E-state index in [1.54, 1.807) is 0 Å². The summed E-state index contributed by atoms with van der Waals surface area (Å²) in [5.41, 5.74) is 0.881. The van der Waals surface area contributed by atoms with Crippen LogP contribution in [-0.2, 0) is 16.1 Å². The molecule has 0 bridgehead atoms. The highest BCUT2D eigenvalue weighted by Gasteiger charge is 2.37. The summed E-state index contributed by atoms with van der Waals surface area (Å²) in [7, 11) is 0. The van der Waals surface area contributed by atoms with Crippen LogP contribution in [0.25, 0.3) is 0 Å². The van der Waals surface area contributed by atoms with E-state index < -0.39 is 0 Å². The van der Waals surface area contributed by atoms with Crippen molar-refractivity contribution in [2.75, 3.05) is 6.79 Å². The summed E-state index contributed by atoms with van der Waals surface area (Å²) in [6.07, 6.45) is 1.49. The Bertz CT molecular complexity index is 355. The highest BCUT2D eigenvalue weighted by Crippen LogP contribution is 2.37. The van der Waals surface area contributed by atoms with Crippen LogP contribution < -0.4 is 4.74 Å². The zero-order valence-electron chi connectivity index (χ0n) is 6.32. The monoisotopic (exact) mass is 165 g/mol. The van der Waals surface area contributed by atoms with Gasteiger partial charge in [0.2, 0.25) is 0 Å². The van der Waals surface area contributed by atoms with E-state index in [-0.39, 0.29) is 18.7 Å². The fourth-order valence-corrected chi connectivity index (χ4v) is 1.75. The molecule has 0 aromatic carbocycles. The number of aromatic nitrogens is 1. The summed E-state index contributed by atoms with van der Waals surface area (Å²) in [6.45, 7) is 0.608. The largest absolute Gasteiger partial charge is 0.465 e. The lowest BCUT2D eigenvalue weighted by molar-refractivity contribution is -0.136. The van der Waals surface area contributed by atoms with E-state index in [1.807, 2.05) is 16.8 Å². The number of hydrogen-bond donors (Lipinski definition) is 0. The Hall–Kier alpha value is -1.29. The van der Waals surface area contributed by atoms with Crippen LogP contribution in [0, 0.1) is 0 Å². The molecule has 0 spiro atoms. The predicted molar refractivity (Wildman–Crippen MR) is 38.8 cm³/mol. The quantitative estimate of drug-likeness (QED) is 0.561. The van der Waals surface area contributed by atoms with Gasteiger partial charge in [-0.25, -0.2) is 0 Å². The predicted octanol–water partition coefficient (Wildman–Crippen LogP) is 0.478. The van der Waals surface area contributed by atoms with E-state index in [4.69, 9.17) is 9.47 Å². The lowest BCUT2D eigenvalue weighted by Crippen LogP contribution is -2.19. The van der Waals surface area contributed by atoms with E-state index in [9.17, 15) is 4.79 Å². The van der Waals surface area contributed by atoms with Crippen molar-refractivity contribution in [2.45, 2.75) is 12.6 Å². The van der Waals surface area contributed by atoms with Gasteiger partial charge >= 0.3 is 0 Å². The van der Waals surface area contributed by atoms with Gasteiger partial charge in [-0.15, -0.1) is 0 Å². The number of carbonyl (C=O) groups is 1. The first-order valence-corrected chi connectivity index (χ1v) is 3.82. The van der Waals surface area contributed by atoms with Crippen molar-refractivity contribution in [2.24, 2.45) is 0 Å². The van der Waals surface area contributed by atoms with E-state index in [0.717, 1.165) is 11.4 Å². The van der Waals surface area contributed by atoms with E-state index in [1.165, 1.54) is 0 Å². The first-order valence-electron chi connectivity index (χ1n) is 3.82. The molecule has 2 aliphatic rings. The van der Waals surface area contributed by atoms with Gasteiger partial charge in [0.15, 0.2) is 18.7 Å². The van der Waals surface area contributed by atoms with Gasteiger partial charge in [0.25, 0.3) is 0 Å². The van der Waals surface area contributed by atoms with Gasteiger partial charge in [-0.05, 0) is 6.07 Å². The highest BCUT2D eigenvalue weighted by molar-refractivity contribution is 5.87. The van der Waals surface area contributed by atoms with Gasteiger partial charge in [-0.1, -0.05) is 0 Å². The average molecular weight is 165 g/mol. The van der Waals surface area contributed by atoms with Gasteiger partial charge in [0.05, 0.1) is 12.2 Å². The molecule has 0 saturated carbocycles. The highest BCUT2D eigenvalue weighted by atomic mass is 16.7. The normalized spacial score (nSPS) is 25.3. The summed E-state index contributed by atoms with van der Waals surface area (Å²) in [6, 6.07) is 1.87. The molecule has 0 saturated heterocycles. The minimum atomic E-state index is -0.372. The molecule has 0 amide bonds. The molecular formula is C8H7NO3. The minimum absolute atomic E-state index is 0.121. The SMILES string of the molecule is O=C1Cn2ccc3c2C1OCO3. The molecule has 1 aromatic rings. The van der Waals surface area contributed by atoms with Crippen LogP contribution in [-0.4, -0.2) is 17.1 Å². The van der Waals surface area contributed by atoms with E-state index in [2.05, 4.69) is 0 Å². The standard InChI is InChI=1S/C8H7NO3/c10-5-3-9-2-1-6-7(9)8(5)12-4-11-6/h1-2,8H,3-4H2. The molecule has 1 aromatic heterocycles. The maximum Gasteiger partial charge on any atom is 0.190 e. The summed E-state index contributed by atoms with van der Waals surface area (Å²) >= 11 is 0. The van der Waals surface area contributed by atoms with Gasteiger partial charge in [-0.3, -0.25) is 4.79 Å². The summed E-state index contributed by atoms with van der Waals surface area (Å²) in [4.78, 5) is 11.3. The number of nitrogens with zero attached hydrogens (tertiary/aromatic N) is 1. The van der Waals surface area contributed by atoms with Gasteiger partial charge in [0, 0.05) is 6.20 Å². The number of ether oxygens (including phenoxy) is 2. The summed E-state index contributed by atoms with van der Waals surface area (Å²) in [5.74, 6) is 0.909. The first kappa shape index (κ1) is 6.25. The second-order valence-corrected chi connectivity index (χ2v) is 2.97. The molecule has 4 nitrogen and oxygen atoms in total. The second-order valence-electron chi connectivity index (χ2n) is 2.97. The molecule has 1 atom stereocenters. The Morgan fingerprint density at radius 2 is 2.50 bits per heavy atom. The molecule has 0 N–H and O–H groups in total. The van der Waals surface area contributed by atoms with Crippen molar-refractivity contribution in [1.29, 1.82) is 0 Å². The van der Waals surface area contributed by atoms with Crippen LogP contribution in [0.3, 0.4) is 0 Å². The van der Waals surface area contributed by atoms with Crippen LogP contribution in [0.4, 0.5) is 0 Å². The number of rotatable bonds is 0. The third kappa shape index (κ3) is 0.587. The van der Waals surface area contributed by atoms with Crippen LogP contribution in [0.15, 0.2) is 12.3 Å². The average Bonchev–Trinajstić information content (AvgIpc) is 2.61. The van der Waals surface area contributed by atoms with E-state index in [0.29, 0.717) is 6.54 Å². The summed E-state index contributed by atoms with van der Waals surface area (Å²) in [5, 5.41) is 0. The van der Waals surface area contributed by atoms with Crippen LogP contribution in [0.5, 0.6) is 5.75 Å². The molecule has 1 unspecified atom stereocenters. The van der Waals surface area contributed by atoms with Crippen molar-refractivity contribution < 1.29 is 14.3 Å². The molecule has 3 rings (SSSR count). The van der Waals surface area contributed by atoms with Crippen LogP contribution in [0.1, 0.15) is 11.8 Å². The zero-order chi connectivity index (χ0) is 8.13. The molecule has 2 aliphatic heterocycles. The molecule has 0 fully saturated rings. The maximum absolute atomic E-state index is 11.3. The number of Topliss-reactive ketones (excluding diaryl/α,β-unsaturated/α-hetero) is 1. The zero-order valence-corrected chi connectivity index (χ0v) is 6.32. The lowest BCUT2D eigenvalue weighted by Gasteiger charge is -2.18. The Labute approximate surface area is 68.7 Å². The number of carbonyl (C=O) groups excluding carboxylic acids is 1. The first-order chi connectivity index (χ1) is 5.86. The Kier molecular flexibility index (Phi) is 0.988. The molecule has 62 valence electrons. The second kappa shape index (κ2) is 1.90. The lowest BCUT2D eigenvalue weighted by atomic mass is 10.2. The molecule has 4 heteroatoms. The fourth-order valence-electron chi connectivity index (χ4n) is 1.75. The van der Waals surface area contributed by atoms with Crippen molar-refractivity contribution in [3.63, 3.8) is 0 Å². The molecule has 0 aliphatic carbocycles. The Balaban J connectivity index is 2.23. The van der Waals surface area contributed by atoms with Crippen molar-refractivity contribution in [3.8, 4) is 5.75 Å². The molecule has 0 radical (unpaired) electrons. The van der Waals surface area contributed by atoms with Gasteiger partial charge in [0.1, 0.15) is 5.75 Å². The third-order valence-electron chi connectivity index (χ3n) is 2.28. The minimum Gasteiger partial charge on any atom is -0.465 e. The smallest absolute Gasteiger partial charge is 0.190 e. The molecule has 12 heavy (non-hydrogen) atoms. The topological polar surface area (TPSA) is 40.5 Å². The third-order valence-corrected chi connectivity index (χ3v) is 2.28. The Morgan fingerprint density at radius 3 is 3.42 bits per heavy atom. The van der Waals surface area contributed by atoms with Crippen molar-refractivity contribution in [3.05, 3.63) is 18.0 Å². The van der Waals surface area contributed by atoms with E-state index >= 15 is 0 Å². The van der Waals surface area contributed by atoms with Crippen LogP contribution >= 0.6 is 0 Å². The molecule has 3 heterocycles. The van der Waals surface area contributed by atoms with Crippen molar-refractivity contribution in [1.82, 2.24) is 4.57 Å². The fraction of sp³-hybridized carbons (Fsp3) is 0.375. The number of hydrogen-bond acceptors (Lipinski definition) is 3.